The van der Waals surface area contributed by atoms with Crippen LogP contribution in [0.2, 0.25) is 0 Å². The molecule has 4 nitrogen and oxygen atoms in total. The van der Waals surface area contributed by atoms with Crippen molar-refractivity contribution < 1.29 is 5.11 Å². The monoisotopic (exact) mass is 317 g/mol. The highest BCUT2D eigenvalue weighted by Crippen LogP contribution is 2.67. The van der Waals surface area contributed by atoms with E-state index in [0.29, 0.717) is 11.3 Å². The maximum atomic E-state index is 11.3. The third-order valence-electron chi connectivity index (χ3n) is 6.73. The zero-order chi connectivity index (χ0) is 16.7. The molecule has 4 bridgehead atoms. The quantitative estimate of drug-likeness (QED) is 0.905. The summed E-state index contributed by atoms with van der Waals surface area (Å²) in [7, 11) is 0. The predicted molar refractivity (Wildman–Crippen MR) is 90.3 cm³/mol. The Morgan fingerprint density at radius 1 is 1.17 bits per heavy atom. The lowest BCUT2D eigenvalue weighted by Gasteiger charge is -2.64. The van der Waals surface area contributed by atoms with E-state index in [0.717, 1.165) is 30.9 Å². The van der Waals surface area contributed by atoms with Gasteiger partial charge in [0.2, 0.25) is 0 Å². The summed E-state index contributed by atoms with van der Waals surface area (Å²) < 4.78 is 2.15. The number of aliphatic hydroxyl groups is 1. The van der Waals surface area contributed by atoms with Gasteiger partial charge in [0.15, 0.2) is 0 Å². The fourth-order valence-electron chi connectivity index (χ4n) is 6.45. The van der Waals surface area contributed by atoms with E-state index < -0.39 is 5.60 Å². The fraction of sp³-hybridized carbons (Fsp3) is 0.895. The number of nitrogens with zero attached hydrogens (tertiary/aromatic N) is 3. The number of hydrogen-bond acceptors (Lipinski definition) is 3. The van der Waals surface area contributed by atoms with Crippen LogP contribution in [0.15, 0.2) is 0 Å². The Hall–Kier alpha value is -0.900. The van der Waals surface area contributed by atoms with Crippen molar-refractivity contribution in [1.82, 2.24) is 14.8 Å². The van der Waals surface area contributed by atoms with Crippen molar-refractivity contribution in [2.24, 2.45) is 11.3 Å². The molecule has 1 heterocycles. The van der Waals surface area contributed by atoms with Crippen molar-refractivity contribution in [3.63, 3.8) is 0 Å². The van der Waals surface area contributed by atoms with E-state index >= 15 is 0 Å². The van der Waals surface area contributed by atoms with E-state index in [2.05, 4.69) is 32.4 Å². The molecule has 128 valence electrons. The Balaban J connectivity index is 1.86. The highest BCUT2D eigenvalue weighted by Gasteiger charge is 2.64. The Bertz CT molecular complexity index is 646. The van der Waals surface area contributed by atoms with E-state index in [-0.39, 0.29) is 11.0 Å². The molecule has 23 heavy (non-hydrogen) atoms. The summed E-state index contributed by atoms with van der Waals surface area (Å²) >= 11 is 0. The second-order valence-corrected chi connectivity index (χ2v) is 9.93. The summed E-state index contributed by atoms with van der Waals surface area (Å²) in [4.78, 5) is 4.90. The lowest BCUT2D eigenvalue weighted by atomic mass is 9.42. The van der Waals surface area contributed by atoms with Gasteiger partial charge in [-0.2, -0.15) is 5.10 Å². The third-order valence-corrected chi connectivity index (χ3v) is 6.73. The molecule has 4 saturated carbocycles. The Morgan fingerprint density at radius 3 is 2.52 bits per heavy atom. The van der Waals surface area contributed by atoms with Gasteiger partial charge in [0, 0.05) is 5.41 Å². The van der Waals surface area contributed by atoms with Crippen LogP contribution in [0.4, 0.5) is 0 Å². The topological polar surface area (TPSA) is 50.9 Å². The van der Waals surface area contributed by atoms with Crippen LogP contribution in [0.5, 0.6) is 0 Å². The molecule has 0 radical (unpaired) electrons. The largest absolute Gasteiger partial charge is 0.390 e. The molecule has 4 atom stereocenters. The van der Waals surface area contributed by atoms with Crippen molar-refractivity contribution in [2.75, 3.05) is 0 Å². The van der Waals surface area contributed by atoms with Gasteiger partial charge >= 0.3 is 0 Å². The van der Waals surface area contributed by atoms with Crippen molar-refractivity contribution in [3.05, 3.63) is 11.6 Å². The lowest BCUT2D eigenvalue weighted by Crippen LogP contribution is -2.62. The summed E-state index contributed by atoms with van der Waals surface area (Å²) in [5.74, 6) is 2.66. The van der Waals surface area contributed by atoms with E-state index in [4.69, 9.17) is 10.1 Å². The maximum Gasteiger partial charge on any atom is 0.147 e. The van der Waals surface area contributed by atoms with Crippen LogP contribution in [-0.2, 0) is 11.0 Å². The molecular weight excluding hydrogens is 286 g/mol. The van der Waals surface area contributed by atoms with Gasteiger partial charge in [-0.05, 0) is 77.6 Å². The molecule has 0 saturated heterocycles. The highest BCUT2D eigenvalue weighted by atomic mass is 16.3. The van der Waals surface area contributed by atoms with E-state index in [1.807, 2.05) is 6.92 Å². The summed E-state index contributed by atoms with van der Waals surface area (Å²) in [6.07, 6.45) is 7.73. The van der Waals surface area contributed by atoms with Gasteiger partial charge in [0.25, 0.3) is 0 Å². The van der Waals surface area contributed by atoms with Crippen molar-refractivity contribution in [2.45, 2.75) is 96.1 Å². The number of aromatic nitrogens is 3. The number of rotatable bonds is 2. The normalized spacial score (nSPS) is 42.4. The van der Waals surface area contributed by atoms with Crippen LogP contribution in [0.25, 0.3) is 0 Å². The number of aryl methyl sites for hydroxylation is 1. The van der Waals surface area contributed by atoms with Crippen LogP contribution in [0.3, 0.4) is 0 Å². The maximum absolute atomic E-state index is 11.3. The summed E-state index contributed by atoms with van der Waals surface area (Å²) in [5.41, 5.74) is -0.199. The molecule has 4 unspecified atom stereocenters. The van der Waals surface area contributed by atoms with Gasteiger partial charge < -0.3 is 5.11 Å². The molecule has 4 fully saturated rings. The summed E-state index contributed by atoms with van der Waals surface area (Å²) in [6.45, 7) is 10.9. The first-order chi connectivity index (χ1) is 10.6. The predicted octanol–water partition coefficient (Wildman–Crippen LogP) is 3.70. The minimum atomic E-state index is -0.474. The van der Waals surface area contributed by atoms with Gasteiger partial charge in [-0.25, -0.2) is 9.67 Å². The molecule has 0 spiro atoms. The zero-order valence-electron chi connectivity index (χ0n) is 15.3. The summed E-state index contributed by atoms with van der Waals surface area (Å²) in [6, 6.07) is 0. The first-order valence-corrected chi connectivity index (χ1v) is 9.26. The van der Waals surface area contributed by atoms with Crippen LogP contribution in [0.1, 0.15) is 84.3 Å². The van der Waals surface area contributed by atoms with Gasteiger partial charge in [0.1, 0.15) is 11.6 Å². The van der Waals surface area contributed by atoms with Gasteiger partial charge in [-0.3, -0.25) is 0 Å². The van der Waals surface area contributed by atoms with Gasteiger partial charge in [-0.1, -0.05) is 13.3 Å². The van der Waals surface area contributed by atoms with E-state index in [9.17, 15) is 5.11 Å². The molecule has 1 aromatic rings. The summed E-state index contributed by atoms with van der Waals surface area (Å²) in [5, 5.41) is 16.0. The first kappa shape index (κ1) is 15.6. The Morgan fingerprint density at radius 2 is 1.91 bits per heavy atom. The van der Waals surface area contributed by atoms with Crippen LogP contribution >= 0.6 is 0 Å². The van der Waals surface area contributed by atoms with Crippen molar-refractivity contribution in [3.8, 4) is 0 Å². The zero-order valence-corrected chi connectivity index (χ0v) is 15.3. The molecule has 1 N–H and O–H groups in total. The smallest absolute Gasteiger partial charge is 0.147 e. The van der Waals surface area contributed by atoms with Crippen LogP contribution in [-0.4, -0.2) is 25.5 Å². The average Bonchev–Trinajstić information content (AvgIpc) is 2.79. The first-order valence-electron chi connectivity index (χ1n) is 9.26. The Labute approximate surface area is 139 Å². The third kappa shape index (κ3) is 2.20. The van der Waals surface area contributed by atoms with Crippen LogP contribution in [0, 0.1) is 18.3 Å². The van der Waals surface area contributed by atoms with Gasteiger partial charge in [0.05, 0.1) is 11.1 Å². The second kappa shape index (κ2) is 4.38. The van der Waals surface area contributed by atoms with E-state index in [1.54, 1.807) is 0 Å². The molecular formula is C19H31N3O. The Kier molecular flexibility index (Phi) is 2.98. The SMILES string of the molecule is CCC12CC3CC(O)(C1)CC(c1nc(C)nn1C(C)(C)C)(C3)C2. The lowest BCUT2D eigenvalue weighted by molar-refractivity contribution is -0.179. The molecule has 1 aromatic heterocycles. The minimum Gasteiger partial charge on any atom is -0.390 e. The van der Waals surface area contributed by atoms with Crippen molar-refractivity contribution >= 4 is 0 Å². The van der Waals surface area contributed by atoms with Crippen LogP contribution < -0.4 is 0 Å². The average molecular weight is 317 g/mol. The molecule has 4 aliphatic rings. The second-order valence-electron chi connectivity index (χ2n) is 9.93. The van der Waals surface area contributed by atoms with E-state index in [1.165, 1.54) is 25.7 Å². The molecule has 4 aliphatic carbocycles. The molecule has 0 aliphatic heterocycles. The minimum absolute atomic E-state index is 0.0265. The highest BCUT2D eigenvalue weighted by molar-refractivity contribution is 5.25. The molecule has 0 amide bonds. The van der Waals surface area contributed by atoms with Crippen molar-refractivity contribution in [1.29, 1.82) is 0 Å². The molecule has 4 heteroatoms. The molecule has 5 rings (SSSR count). The number of hydrogen-bond donors (Lipinski definition) is 1. The molecule has 0 aromatic carbocycles. The standard InChI is InChI=1S/C19H31N3O/c1-6-17-7-14-8-18(10-17,12-19(23,9-14)11-17)15-20-13(2)21-22(15)16(3,4)5/h14,23H,6-12H2,1-5H3. The fourth-order valence-corrected chi connectivity index (χ4v) is 6.45. The van der Waals surface area contributed by atoms with Gasteiger partial charge in [-0.15, -0.1) is 0 Å².